The molecule has 0 bridgehead atoms. The number of nitrogens with zero attached hydrogens (tertiary/aromatic N) is 2. The highest BCUT2D eigenvalue weighted by Gasteiger charge is 2.10. The van der Waals surface area contributed by atoms with E-state index in [2.05, 4.69) is 10.2 Å². The lowest BCUT2D eigenvalue weighted by Crippen LogP contribution is -1.98. The topological polar surface area (TPSA) is 61.0 Å². The number of nitrogen functional groups attached to an aromatic ring is 1. The van der Waals surface area contributed by atoms with Crippen molar-refractivity contribution < 1.29 is 4.74 Å². The van der Waals surface area contributed by atoms with Gasteiger partial charge in [-0.15, -0.1) is 10.2 Å². The smallest absolute Gasteiger partial charge is 0.154 e. The molecule has 0 aliphatic carbocycles. The molecule has 5 heteroatoms. The zero-order valence-corrected chi connectivity index (χ0v) is 9.40. The van der Waals surface area contributed by atoms with Crippen LogP contribution in [0.5, 0.6) is 5.75 Å². The number of hydrogen-bond acceptors (Lipinski definition) is 4. The number of para-hydroxylation sites is 1. The van der Waals surface area contributed by atoms with Crippen molar-refractivity contribution in [2.24, 2.45) is 0 Å². The molecule has 1 aromatic heterocycles. The van der Waals surface area contributed by atoms with Gasteiger partial charge in [-0.2, -0.15) is 0 Å². The minimum atomic E-state index is 0.301. The van der Waals surface area contributed by atoms with Gasteiger partial charge in [-0.1, -0.05) is 29.8 Å². The number of nitrogens with two attached hydrogens (primary N) is 1. The number of halogens is 1. The number of ether oxygens (including phenoxy) is 1. The van der Waals surface area contributed by atoms with Crippen molar-refractivity contribution in [2.75, 3.05) is 12.8 Å². The van der Waals surface area contributed by atoms with Crippen LogP contribution >= 0.6 is 11.6 Å². The molecule has 0 amide bonds. The van der Waals surface area contributed by atoms with E-state index in [1.807, 2.05) is 24.3 Å². The van der Waals surface area contributed by atoms with Gasteiger partial charge in [-0.25, -0.2) is 0 Å². The predicted octanol–water partition coefficient (Wildman–Crippen LogP) is 2.39. The van der Waals surface area contributed by atoms with E-state index in [0.29, 0.717) is 11.0 Å². The van der Waals surface area contributed by atoms with Gasteiger partial charge in [-0.3, -0.25) is 0 Å². The van der Waals surface area contributed by atoms with Gasteiger partial charge < -0.3 is 10.5 Å². The van der Waals surface area contributed by atoms with Crippen molar-refractivity contribution in [3.63, 3.8) is 0 Å². The molecule has 0 aliphatic heterocycles. The quantitative estimate of drug-likeness (QED) is 0.868. The second kappa shape index (κ2) is 4.37. The highest BCUT2D eigenvalue weighted by atomic mass is 35.5. The third kappa shape index (κ3) is 1.92. The second-order valence-corrected chi connectivity index (χ2v) is 3.55. The van der Waals surface area contributed by atoms with E-state index in [9.17, 15) is 0 Å². The van der Waals surface area contributed by atoms with E-state index in [1.165, 1.54) is 0 Å². The van der Waals surface area contributed by atoms with Crippen molar-refractivity contribution in [2.45, 2.75) is 0 Å². The van der Waals surface area contributed by atoms with Gasteiger partial charge in [0, 0.05) is 11.1 Å². The Morgan fingerprint density at radius 3 is 2.69 bits per heavy atom. The number of aromatic nitrogens is 2. The van der Waals surface area contributed by atoms with Gasteiger partial charge in [0.1, 0.15) is 5.75 Å². The van der Waals surface area contributed by atoms with E-state index in [1.54, 1.807) is 13.2 Å². The first kappa shape index (κ1) is 10.7. The lowest BCUT2D eigenvalue weighted by Gasteiger charge is -2.09. The fourth-order valence-corrected chi connectivity index (χ4v) is 1.61. The molecule has 16 heavy (non-hydrogen) atoms. The van der Waals surface area contributed by atoms with Crippen LogP contribution in [0.2, 0.25) is 5.15 Å². The Balaban J connectivity index is 2.62. The van der Waals surface area contributed by atoms with Gasteiger partial charge in [0.15, 0.2) is 11.0 Å². The first-order valence-electron chi connectivity index (χ1n) is 4.64. The highest BCUT2D eigenvalue weighted by molar-refractivity contribution is 6.29. The maximum Gasteiger partial charge on any atom is 0.154 e. The van der Waals surface area contributed by atoms with Crippen LogP contribution in [-0.4, -0.2) is 17.3 Å². The van der Waals surface area contributed by atoms with Crippen LogP contribution in [-0.2, 0) is 0 Å². The summed E-state index contributed by atoms with van der Waals surface area (Å²) < 4.78 is 5.25. The third-order valence-corrected chi connectivity index (χ3v) is 2.37. The summed E-state index contributed by atoms with van der Waals surface area (Å²) in [7, 11) is 1.60. The number of hydrogen-bond donors (Lipinski definition) is 1. The third-order valence-electron chi connectivity index (χ3n) is 2.19. The average Bonchev–Trinajstić information content (AvgIpc) is 2.32. The minimum absolute atomic E-state index is 0.301. The molecule has 1 aromatic carbocycles. The fraction of sp³-hybridized carbons (Fsp3) is 0.0909. The SMILES string of the molecule is COc1ccccc1-c1cc(Cl)nnc1N. The highest BCUT2D eigenvalue weighted by Crippen LogP contribution is 2.33. The molecule has 2 N–H and O–H groups in total. The van der Waals surface area contributed by atoms with Crippen LogP contribution in [0, 0.1) is 0 Å². The molecule has 0 saturated carbocycles. The molecule has 1 heterocycles. The first-order chi connectivity index (χ1) is 7.72. The summed E-state index contributed by atoms with van der Waals surface area (Å²) in [5, 5.41) is 7.74. The zero-order chi connectivity index (χ0) is 11.5. The van der Waals surface area contributed by atoms with E-state index in [0.717, 1.165) is 16.9 Å². The van der Waals surface area contributed by atoms with Crippen molar-refractivity contribution >= 4 is 17.4 Å². The van der Waals surface area contributed by atoms with Gasteiger partial charge in [0.05, 0.1) is 7.11 Å². The normalized spacial score (nSPS) is 10.1. The number of benzene rings is 1. The summed E-state index contributed by atoms with van der Waals surface area (Å²) in [6.07, 6.45) is 0. The molecule has 2 rings (SSSR count). The van der Waals surface area contributed by atoms with Gasteiger partial charge >= 0.3 is 0 Å². The average molecular weight is 236 g/mol. The van der Waals surface area contributed by atoms with Gasteiger partial charge in [-0.05, 0) is 12.1 Å². The summed E-state index contributed by atoms with van der Waals surface area (Å²) in [6, 6.07) is 9.19. The Morgan fingerprint density at radius 2 is 1.94 bits per heavy atom. The van der Waals surface area contributed by atoms with Crippen molar-refractivity contribution in [1.29, 1.82) is 0 Å². The number of rotatable bonds is 2. The second-order valence-electron chi connectivity index (χ2n) is 3.17. The summed E-state index contributed by atoms with van der Waals surface area (Å²) >= 11 is 5.79. The largest absolute Gasteiger partial charge is 0.496 e. The lowest BCUT2D eigenvalue weighted by molar-refractivity contribution is 0.416. The fourth-order valence-electron chi connectivity index (χ4n) is 1.46. The predicted molar refractivity (Wildman–Crippen MR) is 63.4 cm³/mol. The standard InChI is InChI=1S/C11H10ClN3O/c1-16-9-5-3-2-4-7(9)8-6-10(12)14-15-11(8)13/h2-6H,1H3,(H2,13,15). The molecule has 0 fully saturated rings. The van der Waals surface area contributed by atoms with Crippen molar-refractivity contribution in [3.05, 3.63) is 35.5 Å². The molecule has 0 unspecified atom stereocenters. The Labute approximate surface area is 98.0 Å². The summed E-state index contributed by atoms with van der Waals surface area (Å²) in [5.41, 5.74) is 7.32. The van der Waals surface area contributed by atoms with Crippen LogP contribution in [0.15, 0.2) is 30.3 Å². The molecule has 0 saturated heterocycles. The summed E-state index contributed by atoms with van der Waals surface area (Å²) in [5.74, 6) is 1.05. The van der Waals surface area contributed by atoms with Crippen LogP contribution in [0.3, 0.4) is 0 Å². The van der Waals surface area contributed by atoms with Crippen LogP contribution < -0.4 is 10.5 Å². The molecular weight excluding hydrogens is 226 g/mol. The Hall–Kier alpha value is -1.81. The molecule has 4 nitrogen and oxygen atoms in total. The summed E-state index contributed by atoms with van der Waals surface area (Å²) in [6.45, 7) is 0. The Kier molecular flexibility index (Phi) is 2.92. The first-order valence-corrected chi connectivity index (χ1v) is 5.02. The molecule has 0 radical (unpaired) electrons. The van der Waals surface area contributed by atoms with Crippen molar-refractivity contribution in [1.82, 2.24) is 10.2 Å². The van der Waals surface area contributed by atoms with E-state index >= 15 is 0 Å². The summed E-state index contributed by atoms with van der Waals surface area (Å²) in [4.78, 5) is 0. The van der Waals surface area contributed by atoms with Crippen molar-refractivity contribution in [3.8, 4) is 16.9 Å². The molecule has 0 atom stereocenters. The van der Waals surface area contributed by atoms with Crippen LogP contribution in [0.1, 0.15) is 0 Å². The van der Waals surface area contributed by atoms with Gasteiger partial charge in [0.25, 0.3) is 0 Å². The van der Waals surface area contributed by atoms with Crippen LogP contribution in [0.25, 0.3) is 11.1 Å². The molecule has 0 spiro atoms. The maximum absolute atomic E-state index is 5.79. The Morgan fingerprint density at radius 1 is 1.19 bits per heavy atom. The molecular formula is C11H10ClN3O. The molecule has 2 aromatic rings. The number of anilines is 1. The van der Waals surface area contributed by atoms with E-state index < -0.39 is 0 Å². The zero-order valence-electron chi connectivity index (χ0n) is 8.64. The van der Waals surface area contributed by atoms with Gasteiger partial charge in [0.2, 0.25) is 0 Å². The minimum Gasteiger partial charge on any atom is -0.496 e. The molecule has 82 valence electrons. The Bertz CT molecular complexity index is 516. The van der Waals surface area contributed by atoms with E-state index in [-0.39, 0.29) is 0 Å². The maximum atomic E-state index is 5.79. The lowest BCUT2D eigenvalue weighted by atomic mass is 10.1. The molecule has 0 aliphatic rings. The monoisotopic (exact) mass is 235 g/mol. The van der Waals surface area contributed by atoms with Crippen LogP contribution in [0.4, 0.5) is 5.82 Å². The van der Waals surface area contributed by atoms with E-state index in [4.69, 9.17) is 22.1 Å². The number of methoxy groups -OCH3 is 1.